The van der Waals surface area contributed by atoms with Gasteiger partial charge in [0, 0.05) is 12.3 Å². The minimum atomic E-state index is -0.287. The number of para-hydroxylation sites is 1. The molecule has 0 saturated heterocycles. The summed E-state index contributed by atoms with van der Waals surface area (Å²) in [6.07, 6.45) is 3.33. The van der Waals surface area contributed by atoms with Gasteiger partial charge in [-0.2, -0.15) is 0 Å². The van der Waals surface area contributed by atoms with Crippen molar-refractivity contribution in [2.45, 2.75) is 19.8 Å². The lowest BCUT2D eigenvalue weighted by Gasteiger charge is -2.31. The smallest absolute Gasteiger partial charge is 0.278 e. The third-order valence-electron chi connectivity index (χ3n) is 4.09. The first-order chi connectivity index (χ1) is 12.7. The minimum Gasteiger partial charge on any atom is -0.492 e. The molecule has 7 heteroatoms. The van der Waals surface area contributed by atoms with Crippen molar-refractivity contribution in [2.24, 2.45) is 0 Å². The second kappa shape index (κ2) is 8.42. The fraction of sp³-hybridized carbons (Fsp3) is 0.368. The molecule has 0 bridgehead atoms. The monoisotopic (exact) mass is 357 g/mol. The van der Waals surface area contributed by atoms with Crippen LogP contribution in [0.25, 0.3) is 0 Å². The predicted molar refractivity (Wildman–Crippen MR) is 98.3 cm³/mol. The van der Waals surface area contributed by atoms with Crippen LogP contribution in [0.15, 0.2) is 47.4 Å². The number of hydrogen-bond acceptors (Lipinski definition) is 5. The third kappa shape index (κ3) is 3.99. The molecule has 0 saturated carbocycles. The van der Waals surface area contributed by atoms with Crippen LogP contribution in [-0.4, -0.2) is 41.9 Å². The highest BCUT2D eigenvalue weighted by Crippen LogP contribution is 2.18. The van der Waals surface area contributed by atoms with E-state index >= 15 is 0 Å². The summed E-state index contributed by atoms with van der Waals surface area (Å²) in [4.78, 5) is 26.6. The average molecular weight is 357 g/mol. The van der Waals surface area contributed by atoms with Gasteiger partial charge in [0.2, 0.25) is 5.43 Å². The molecule has 1 aliphatic rings. The van der Waals surface area contributed by atoms with E-state index in [1.807, 2.05) is 37.3 Å². The Morgan fingerprint density at radius 3 is 2.65 bits per heavy atom. The number of rotatable bonds is 8. The molecule has 26 heavy (non-hydrogen) atoms. The molecule has 0 unspecified atom stereocenters. The van der Waals surface area contributed by atoms with Gasteiger partial charge in [-0.15, -0.1) is 0 Å². The van der Waals surface area contributed by atoms with Crippen LogP contribution < -0.4 is 20.3 Å². The number of nitrogens with one attached hydrogen (secondary N) is 1. The number of carbonyl (C=O) groups is 1. The predicted octanol–water partition coefficient (Wildman–Crippen LogP) is 2.06. The molecule has 0 aliphatic carbocycles. The first-order valence-electron chi connectivity index (χ1n) is 8.80. The molecule has 1 N–H and O–H groups in total. The fourth-order valence-electron chi connectivity index (χ4n) is 2.66. The maximum atomic E-state index is 12.9. The Hall–Kier alpha value is -2.96. The van der Waals surface area contributed by atoms with Crippen LogP contribution in [0.1, 0.15) is 30.3 Å². The van der Waals surface area contributed by atoms with Gasteiger partial charge < -0.3 is 19.8 Å². The Bertz CT molecular complexity index is 804. The zero-order valence-corrected chi connectivity index (χ0v) is 14.8. The van der Waals surface area contributed by atoms with Crippen LogP contribution in [0.5, 0.6) is 11.5 Å². The van der Waals surface area contributed by atoms with Crippen molar-refractivity contribution >= 4 is 5.91 Å². The quantitative estimate of drug-likeness (QED) is 0.732. The van der Waals surface area contributed by atoms with Crippen LogP contribution in [0, 0.1) is 0 Å². The van der Waals surface area contributed by atoms with Crippen molar-refractivity contribution < 1.29 is 14.3 Å². The molecule has 2 heterocycles. The zero-order chi connectivity index (χ0) is 18.4. The summed E-state index contributed by atoms with van der Waals surface area (Å²) in [5.74, 6) is 0.613. The summed E-state index contributed by atoms with van der Waals surface area (Å²) >= 11 is 0. The fourth-order valence-corrected chi connectivity index (χ4v) is 2.66. The molecule has 0 atom stereocenters. The number of aromatic nitrogens is 1. The topological polar surface area (TPSA) is 72.8 Å². The molecule has 1 aromatic heterocycles. The Kier molecular flexibility index (Phi) is 5.78. The third-order valence-corrected chi connectivity index (χ3v) is 4.09. The zero-order valence-electron chi connectivity index (χ0n) is 14.8. The number of ether oxygens (including phenoxy) is 2. The standard InChI is InChI=1S/C19H23N3O4/c1-2-3-12-26-18-16(23)9-10-22-17(18)19(24)21(14-20-22)11-13-25-15-7-5-4-6-8-15/h4-10,20H,2-3,11-14H2,1H3. The van der Waals surface area contributed by atoms with Gasteiger partial charge in [-0.3, -0.25) is 14.3 Å². The molecule has 1 amide bonds. The lowest BCUT2D eigenvalue weighted by molar-refractivity contribution is 0.0694. The second-order valence-corrected chi connectivity index (χ2v) is 5.98. The number of unbranched alkanes of at least 4 members (excludes halogenated alkanes) is 1. The number of benzene rings is 1. The van der Waals surface area contributed by atoms with E-state index in [4.69, 9.17) is 9.47 Å². The van der Waals surface area contributed by atoms with Crippen LogP contribution >= 0.6 is 0 Å². The first kappa shape index (κ1) is 17.8. The number of amides is 1. The van der Waals surface area contributed by atoms with Crippen LogP contribution in [0.2, 0.25) is 0 Å². The lowest BCUT2D eigenvalue weighted by atomic mass is 10.2. The van der Waals surface area contributed by atoms with Crippen LogP contribution in [0.3, 0.4) is 0 Å². The Morgan fingerprint density at radius 1 is 1.08 bits per heavy atom. The second-order valence-electron chi connectivity index (χ2n) is 5.98. The van der Waals surface area contributed by atoms with Crippen molar-refractivity contribution in [3.8, 4) is 11.5 Å². The first-order valence-corrected chi connectivity index (χ1v) is 8.80. The molecule has 7 nitrogen and oxygen atoms in total. The van der Waals surface area contributed by atoms with Crippen molar-refractivity contribution in [3.63, 3.8) is 0 Å². The maximum absolute atomic E-state index is 12.9. The number of pyridine rings is 1. The van der Waals surface area contributed by atoms with E-state index in [2.05, 4.69) is 5.43 Å². The molecule has 1 aliphatic heterocycles. The van der Waals surface area contributed by atoms with Gasteiger partial charge in [0.05, 0.1) is 13.2 Å². The Balaban J connectivity index is 1.70. The molecule has 138 valence electrons. The van der Waals surface area contributed by atoms with Crippen molar-refractivity contribution in [1.29, 1.82) is 0 Å². The summed E-state index contributed by atoms with van der Waals surface area (Å²) in [5, 5.41) is 0. The van der Waals surface area contributed by atoms with E-state index in [-0.39, 0.29) is 22.8 Å². The van der Waals surface area contributed by atoms with Gasteiger partial charge >= 0.3 is 0 Å². The van der Waals surface area contributed by atoms with Crippen LogP contribution in [-0.2, 0) is 0 Å². The van der Waals surface area contributed by atoms with E-state index in [0.29, 0.717) is 26.4 Å². The summed E-state index contributed by atoms with van der Waals surface area (Å²) in [6, 6.07) is 10.8. The molecule has 0 radical (unpaired) electrons. The Labute approximate surface area is 152 Å². The normalized spacial score (nSPS) is 13.1. The molecule has 0 fully saturated rings. The van der Waals surface area contributed by atoms with E-state index < -0.39 is 0 Å². The largest absolute Gasteiger partial charge is 0.492 e. The average Bonchev–Trinajstić information content (AvgIpc) is 2.66. The molecular weight excluding hydrogens is 334 g/mol. The minimum absolute atomic E-state index is 0.104. The highest BCUT2D eigenvalue weighted by Gasteiger charge is 2.28. The van der Waals surface area contributed by atoms with Crippen molar-refractivity contribution in [3.05, 3.63) is 58.5 Å². The molecule has 1 aromatic carbocycles. The van der Waals surface area contributed by atoms with Crippen molar-refractivity contribution in [1.82, 2.24) is 9.58 Å². The van der Waals surface area contributed by atoms with E-state index in [0.717, 1.165) is 18.6 Å². The van der Waals surface area contributed by atoms with Gasteiger partial charge in [-0.25, -0.2) is 0 Å². The number of fused-ring (bicyclic) bond motifs is 1. The summed E-state index contributed by atoms with van der Waals surface area (Å²) in [5.41, 5.74) is 3.05. The Morgan fingerprint density at radius 2 is 1.88 bits per heavy atom. The number of carbonyl (C=O) groups excluding carboxylic acids is 1. The van der Waals surface area contributed by atoms with Gasteiger partial charge in [0.15, 0.2) is 11.4 Å². The van der Waals surface area contributed by atoms with Gasteiger partial charge in [0.25, 0.3) is 5.91 Å². The molecule has 2 aromatic rings. The number of nitrogens with zero attached hydrogens (tertiary/aromatic N) is 2. The van der Waals surface area contributed by atoms with E-state index in [1.54, 1.807) is 15.8 Å². The van der Waals surface area contributed by atoms with Crippen molar-refractivity contribution in [2.75, 3.05) is 31.9 Å². The molecule has 0 spiro atoms. The van der Waals surface area contributed by atoms with E-state index in [9.17, 15) is 9.59 Å². The van der Waals surface area contributed by atoms with Gasteiger partial charge in [-0.1, -0.05) is 31.5 Å². The van der Waals surface area contributed by atoms with Gasteiger partial charge in [0.1, 0.15) is 19.0 Å². The van der Waals surface area contributed by atoms with E-state index in [1.165, 1.54) is 6.07 Å². The highest BCUT2D eigenvalue weighted by molar-refractivity contribution is 5.96. The van der Waals surface area contributed by atoms with Crippen LogP contribution in [0.4, 0.5) is 0 Å². The summed E-state index contributed by atoms with van der Waals surface area (Å²) in [7, 11) is 0. The number of hydrogen-bond donors (Lipinski definition) is 1. The van der Waals surface area contributed by atoms with Gasteiger partial charge in [-0.05, 0) is 18.6 Å². The molecule has 3 rings (SSSR count). The lowest BCUT2D eigenvalue weighted by Crippen LogP contribution is -2.48. The summed E-state index contributed by atoms with van der Waals surface area (Å²) < 4.78 is 12.8. The highest BCUT2D eigenvalue weighted by atomic mass is 16.5. The summed E-state index contributed by atoms with van der Waals surface area (Å²) in [6.45, 7) is 3.55. The molecular formula is C19H23N3O4. The maximum Gasteiger partial charge on any atom is 0.278 e. The SMILES string of the molecule is CCCCOc1c2n(ccc1=O)NCN(CCOc1ccccc1)C2=O.